The number of anilines is 1. The Balaban J connectivity index is 1.54. The zero-order valence-electron chi connectivity index (χ0n) is 21.3. The first-order valence-electron chi connectivity index (χ1n) is 12.7. The van der Waals surface area contributed by atoms with Gasteiger partial charge < -0.3 is 20.9 Å². The molecule has 40 heavy (non-hydrogen) atoms. The summed E-state index contributed by atoms with van der Waals surface area (Å²) in [7, 11) is 0. The molecule has 0 saturated heterocycles. The number of ether oxygens (including phenoxy) is 1. The molecule has 2 aromatic carbocycles. The topological polar surface area (TPSA) is 124 Å². The second-order valence-corrected chi connectivity index (χ2v) is 9.52. The van der Waals surface area contributed by atoms with Crippen LogP contribution in [0.2, 0.25) is 0 Å². The molecule has 1 aromatic heterocycles. The van der Waals surface area contributed by atoms with Gasteiger partial charge in [0.05, 0.1) is 17.7 Å². The summed E-state index contributed by atoms with van der Waals surface area (Å²) in [5.41, 5.74) is 3.09. The lowest BCUT2D eigenvalue weighted by atomic mass is 9.94. The van der Waals surface area contributed by atoms with Gasteiger partial charge in [-0.2, -0.15) is 0 Å². The molecular formula is C28H27F4N3O5. The highest BCUT2D eigenvalue weighted by atomic mass is 19.1. The third kappa shape index (κ3) is 6.33. The molecule has 1 aliphatic rings. The summed E-state index contributed by atoms with van der Waals surface area (Å²) in [6.07, 6.45) is 4.91. The number of rotatable bonds is 10. The van der Waals surface area contributed by atoms with E-state index >= 15 is 8.78 Å². The number of benzene rings is 2. The maximum Gasteiger partial charge on any atom is 0.320 e. The van der Waals surface area contributed by atoms with Gasteiger partial charge in [-0.15, -0.1) is 0 Å². The molecular weight excluding hydrogens is 534 g/mol. The van der Waals surface area contributed by atoms with Gasteiger partial charge in [-0.05, 0) is 31.0 Å². The molecule has 12 heteroatoms. The lowest BCUT2D eigenvalue weighted by Gasteiger charge is -2.26. The number of aromatic nitrogens is 1. The van der Waals surface area contributed by atoms with Gasteiger partial charge in [-0.3, -0.25) is 19.0 Å². The molecule has 4 N–H and O–H groups in total. The second kappa shape index (κ2) is 12.3. The van der Waals surface area contributed by atoms with Crippen molar-refractivity contribution < 1.29 is 37.0 Å². The second-order valence-electron chi connectivity index (χ2n) is 9.52. The molecule has 0 spiro atoms. The van der Waals surface area contributed by atoms with Crippen LogP contribution in [-0.4, -0.2) is 40.1 Å². The van der Waals surface area contributed by atoms with Crippen molar-refractivity contribution in [2.45, 2.75) is 50.6 Å². The van der Waals surface area contributed by atoms with E-state index in [2.05, 4.69) is 5.32 Å². The standard InChI is InChI=1S/C28H27F4N3O5/c29-15-6-7-18(20(30)12-15)26(37)19-8-9-24(36)35(27(19)33)25-21(31)13-17(14-22(25)32)40-11-10-23(28(38)39)34-16-4-2-1-3-5-16/h6-9,12-14,16,23,34H,1-5,10-11,33H2,(H,38,39)/t23-/m0/s1. The first-order valence-corrected chi connectivity index (χ1v) is 12.7. The van der Waals surface area contributed by atoms with Gasteiger partial charge in [0.25, 0.3) is 5.56 Å². The molecule has 212 valence electrons. The number of hydrogen-bond acceptors (Lipinski definition) is 6. The van der Waals surface area contributed by atoms with Crippen LogP contribution >= 0.6 is 0 Å². The Bertz CT molecular complexity index is 1460. The Morgan fingerprint density at radius 2 is 1.62 bits per heavy atom. The molecule has 1 saturated carbocycles. The molecule has 3 aromatic rings. The van der Waals surface area contributed by atoms with Crippen molar-refractivity contribution in [2.24, 2.45) is 0 Å². The number of nitrogens with zero attached hydrogens (tertiary/aromatic N) is 1. The van der Waals surface area contributed by atoms with Crippen LogP contribution in [0.15, 0.2) is 47.3 Å². The van der Waals surface area contributed by atoms with Crippen molar-refractivity contribution in [2.75, 3.05) is 12.3 Å². The third-order valence-corrected chi connectivity index (χ3v) is 6.78. The molecule has 0 bridgehead atoms. The van der Waals surface area contributed by atoms with Crippen LogP contribution in [0.1, 0.15) is 54.4 Å². The van der Waals surface area contributed by atoms with Gasteiger partial charge in [-0.1, -0.05) is 19.3 Å². The van der Waals surface area contributed by atoms with Crippen LogP contribution in [-0.2, 0) is 4.79 Å². The Morgan fingerprint density at radius 1 is 0.975 bits per heavy atom. The Kier molecular flexibility index (Phi) is 8.88. The number of nitrogens with two attached hydrogens (primary N) is 1. The number of halogens is 4. The molecule has 0 amide bonds. The minimum atomic E-state index is -1.25. The fraction of sp³-hybridized carbons (Fsp3) is 0.321. The number of carboxylic acid groups (broad SMARTS) is 1. The predicted octanol–water partition coefficient (Wildman–Crippen LogP) is 4.35. The van der Waals surface area contributed by atoms with Crippen LogP contribution in [0.3, 0.4) is 0 Å². The van der Waals surface area contributed by atoms with Crippen LogP contribution in [0.25, 0.3) is 5.69 Å². The number of carbonyl (C=O) groups excluding carboxylic acids is 1. The van der Waals surface area contributed by atoms with Crippen molar-refractivity contribution in [3.63, 3.8) is 0 Å². The number of aliphatic carboxylic acids is 1. The molecule has 1 heterocycles. The number of hydrogen-bond donors (Lipinski definition) is 3. The Morgan fingerprint density at radius 3 is 2.25 bits per heavy atom. The van der Waals surface area contributed by atoms with Crippen LogP contribution in [0.4, 0.5) is 23.4 Å². The van der Waals surface area contributed by atoms with E-state index in [0.29, 0.717) is 10.6 Å². The van der Waals surface area contributed by atoms with Crippen molar-refractivity contribution in [3.05, 3.63) is 87.2 Å². The fourth-order valence-corrected chi connectivity index (χ4v) is 4.76. The summed E-state index contributed by atoms with van der Waals surface area (Å²) in [5, 5.41) is 12.6. The van der Waals surface area contributed by atoms with E-state index in [1.165, 1.54) is 0 Å². The van der Waals surface area contributed by atoms with Gasteiger partial charge in [-0.25, -0.2) is 17.6 Å². The lowest BCUT2D eigenvalue weighted by Crippen LogP contribution is -2.44. The van der Waals surface area contributed by atoms with E-state index in [-0.39, 0.29) is 24.8 Å². The van der Waals surface area contributed by atoms with Crippen LogP contribution < -0.4 is 21.3 Å². The molecule has 0 aliphatic heterocycles. The number of pyridine rings is 1. The monoisotopic (exact) mass is 561 g/mol. The van der Waals surface area contributed by atoms with Gasteiger partial charge in [0, 0.05) is 36.7 Å². The average molecular weight is 562 g/mol. The minimum absolute atomic E-state index is 0.0351. The lowest BCUT2D eigenvalue weighted by molar-refractivity contribution is -0.140. The number of ketones is 1. The maximum atomic E-state index is 15.1. The van der Waals surface area contributed by atoms with Gasteiger partial charge in [0.2, 0.25) is 0 Å². The Labute approximate surface area is 226 Å². The van der Waals surface area contributed by atoms with Crippen LogP contribution in [0.5, 0.6) is 5.75 Å². The van der Waals surface area contributed by atoms with E-state index in [4.69, 9.17) is 10.5 Å². The zero-order chi connectivity index (χ0) is 29.0. The highest BCUT2D eigenvalue weighted by Crippen LogP contribution is 2.27. The minimum Gasteiger partial charge on any atom is -0.493 e. The van der Waals surface area contributed by atoms with Crippen molar-refractivity contribution >= 4 is 17.6 Å². The smallest absolute Gasteiger partial charge is 0.320 e. The number of carboxylic acids is 1. The fourth-order valence-electron chi connectivity index (χ4n) is 4.76. The molecule has 8 nitrogen and oxygen atoms in total. The van der Waals surface area contributed by atoms with Gasteiger partial charge in [0.1, 0.15) is 34.9 Å². The van der Waals surface area contributed by atoms with Crippen molar-refractivity contribution in [3.8, 4) is 11.4 Å². The zero-order valence-corrected chi connectivity index (χ0v) is 21.3. The maximum absolute atomic E-state index is 15.1. The van der Waals surface area contributed by atoms with Crippen molar-refractivity contribution in [1.29, 1.82) is 0 Å². The highest BCUT2D eigenvalue weighted by molar-refractivity contribution is 6.11. The van der Waals surface area contributed by atoms with E-state index < -0.39 is 69.3 Å². The summed E-state index contributed by atoms with van der Waals surface area (Å²) in [4.78, 5) is 37.0. The molecule has 4 rings (SSSR count). The third-order valence-electron chi connectivity index (χ3n) is 6.78. The number of nitrogens with one attached hydrogen (secondary N) is 1. The summed E-state index contributed by atoms with van der Waals surface area (Å²) in [5.74, 6) is -7.62. The summed E-state index contributed by atoms with van der Waals surface area (Å²) in [6.45, 7) is -0.162. The molecule has 1 aliphatic carbocycles. The summed E-state index contributed by atoms with van der Waals surface area (Å²) in [6, 6.07) is 4.80. The SMILES string of the molecule is Nc1c(C(=O)c2ccc(F)cc2F)ccc(=O)n1-c1c(F)cc(OCC[C@H](NC2CCCCC2)C(=O)O)cc1F. The average Bonchev–Trinajstić information content (AvgIpc) is 2.90. The highest BCUT2D eigenvalue weighted by Gasteiger charge is 2.25. The van der Waals surface area contributed by atoms with Gasteiger partial charge in [0.15, 0.2) is 17.4 Å². The van der Waals surface area contributed by atoms with E-state index in [1.54, 1.807) is 0 Å². The van der Waals surface area contributed by atoms with E-state index in [1.807, 2.05) is 0 Å². The normalized spacial score (nSPS) is 14.6. The van der Waals surface area contributed by atoms with E-state index in [0.717, 1.165) is 68.5 Å². The van der Waals surface area contributed by atoms with Gasteiger partial charge >= 0.3 is 5.97 Å². The molecule has 1 atom stereocenters. The number of carbonyl (C=O) groups is 2. The summed E-state index contributed by atoms with van der Waals surface area (Å²) >= 11 is 0. The summed E-state index contributed by atoms with van der Waals surface area (Å²) < 4.78 is 63.5. The molecule has 0 radical (unpaired) electrons. The first-order chi connectivity index (χ1) is 19.1. The molecule has 0 unspecified atom stereocenters. The largest absolute Gasteiger partial charge is 0.493 e. The number of nitrogen functional groups attached to an aromatic ring is 1. The van der Waals surface area contributed by atoms with Crippen LogP contribution in [0, 0.1) is 23.3 Å². The first kappa shape index (κ1) is 28.8. The quantitative estimate of drug-likeness (QED) is 0.248. The van der Waals surface area contributed by atoms with Crippen molar-refractivity contribution in [1.82, 2.24) is 9.88 Å². The Hall–Kier alpha value is -4.19. The molecule has 1 fully saturated rings. The predicted molar refractivity (Wildman–Crippen MR) is 138 cm³/mol. The van der Waals surface area contributed by atoms with E-state index in [9.17, 15) is 28.3 Å².